The predicted molar refractivity (Wildman–Crippen MR) is 72.0 cm³/mol. The van der Waals surface area contributed by atoms with E-state index in [1.165, 1.54) is 13.8 Å². The smallest absolute Gasteiger partial charge is 0.327 e. The summed E-state index contributed by atoms with van der Waals surface area (Å²) in [6.07, 6.45) is 0.0425. The summed E-state index contributed by atoms with van der Waals surface area (Å²) in [5, 5.41) is 9.29. The molecule has 8 heteroatoms. The number of carboxylic acids is 1. The van der Waals surface area contributed by atoms with Gasteiger partial charge in [-0.05, 0) is 37.1 Å². The second-order valence-electron chi connectivity index (χ2n) is 5.16. The first-order valence-corrected chi connectivity index (χ1v) is 7.78. The minimum Gasteiger partial charge on any atom is -0.480 e. The van der Waals surface area contributed by atoms with E-state index in [-0.39, 0.29) is 35.7 Å². The van der Waals surface area contributed by atoms with Crippen LogP contribution in [0.1, 0.15) is 17.5 Å². The summed E-state index contributed by atoms with van der Waals surface area (Å²) in [4.78, 5) is 11.3. The number of nitrogens with one attached hydrogen (secondary N) is 1. The highest BCUT2D eigenvalue weighted by atomic mass is 32.2. The topological polar surface area (TPSA) is 92.7 Å². The van der Waals surface area contributed by atoms with Gasteiger partial charge in [0.1, 0.15) is 5.82 Å². The van der Waals surface area contributed by atoms with Crippen molar-refractivity contribution in [2.24, 2.45) is 0 Å². The molecule has 6 nitrogen and oxygen atoms in total. The lowest BCUT2D eigenvalue weighted by Crippen LogP contribution is -2.55. The molecule has 0 spiro atoms. The zero-order chi connectivity index (χ0) is 15.8. The van der Waals surface area contributed by atoms with Crippen LogP contribution >= 0.6 is 0 Å². The molecule has 2 rings (SSSR count). The molecule has 1 aliphatic rings. The number of halogens is 1. The molecule has 1 aromatic rings. The number of aliphatic carboxylic acids is 1. The van der Waals surface area contributed by atoms with E-state index in [0.29, 0.717) is 0 Å². The van der Waals surface area contributed by atoms with Crippen LogP contribution in [0.3, 0.4) is 0 Å². The molecule has 0 radical (unpaired) electrons. The number of aryl methyl sites for hydroxylation is 2. The first kappa shape index (κ1) is 15.9. The molecule has 1 unspecified atom stereocenters. The number of carbonyl (C=O) groups is 1. The second kappa shape index (κ2) is 5.36. The van der Waals surface area contributed by atoms with Crippen LogP contribution < -0.4 is 4.72 Å². The van der Waals surface area contributed by atoms with Crippen LogP contribution in [-0.2, 0) is 19.6 Å². The summed E-state index contributed by atoms with van der Waals surface area (Å²) in [5.41, 5.74) is -1.23. The monoisotopic (exact) mass is 317 g/mol. The lowest BCUT2D eigenvalue weighted by Gasteiger charge is -2.24. The maximum atomic E-state index is 13.3. The predicted octanol–water partition coefficient (Wildman–Crippen LogP) is 0.965. The fourth-order valence-electron chi connectivity index (χ4n) is 2.49. The Bertz CT molecular complexity index is 657. The Morgan fingerprint density at radius 3 is 2.38 bits per heavy atom. The molecule has 0 saturated carbocycles. The van der Waals surface area contributed by atoms with Crippen molar-refractivity contribution in [2.45, 2.75) is 30.7 Å². The normalized spacial score (nSPS) is 22.4. The molecule has 0 amide bonds. The Kier molecular flexibility index (Phi) is 4.05. The van der Waals surface area contributed by atoms with E-state index >= 15 is 0 Å². The van der Waals surface area contributed by atoms with Gasteiger partial charge in [-0.25, -0.2) is 12.8 Å². The van der Waals surface area contributed by atoms with Gasteiger partial charge in [-0.3, -0.25) is 4.79 Å². The van der Waals surface area contributed by atoms with Crippen LogP contribution in [0, 0.1) is 19.7 Å². The zero-order valence-corrected chi connectivity index (χ0v) is 12.5. The summed E-state index contributed by atoms with van der Waals surface area (Å²) in [6, 6.07) is 2.19. The summed E-state index contributed by atoms with van der Waals surface area (Å²) in [7, 11) is -4.10. The standard InChI is InChI=1S/C13H16FNO5S/c1-8-5-10(14)6-9(2)11(8)21(18,19)15-13(12(16)17)3-4-20-7-13/h5-6,15H,3-4,7H2,1-2H3,(H,16,17). The quantitative estimate of drug-likeness (QED) is 0.863. The highest BCUT2D eigenvalue weighted by Crippen LogP contribution is 2.26. The maximum absolute atomic E-state index is 13.3. The lowest BCUT2D eigenvalue weighted by molar-refractivity contribution is -0.144. The Hall–Kier alpha value is -1.51. The molecule has 1 aromatic carbocycles. The van der Waals surface area contributed by atoms with Gasteiger partial charge in [0.2, 0.25) is 10.0 Å². The van der Waals surface area contributed by atoms with Crippen molar-refractivity contribution in [1.82, 2.24) is 4.72 Å². The number of ether oxygens (including phenoxy) is 1. The molecular weight excluding hydrogens is 301 g/mol. The van der Waals surface area contributed by atoms with Crippen molar-refractivity contribution in [1.29, 1.82) is 0 Å². The molecule has 0 aromatic heterocycles. The molecule has 1 aliphatic heterocycles. The van der Waals surface area contributed by atoms with Gasteiger partial charge >= 0.3 is 5.97 Å². The fourth-order valence-corrected chi connectivity index (χ4v) is 4.32. The van der Waals surface area contributed by atoms with Gasteiger partial charge < -0.3 is 9.84 Å². The molecule has 1 heterocycles. The lowest BCUT2D eigenvalue weighted by atomic mass is 10.0. The Balaban J connectivity index is 2.46. The van der Waals surface area contributed by atoms with Crippen molar-refractivity contribution in [3.8, 4) is 0 Å². The van der Waals surface area contributed by atoms with Crippen LogP contribution in [0.2, 0.25) is 0 Å². The molecule has 1 fully saturated rings. The van der Waals surface area contributed by atoms with Gasteiger partial charge in [0, 0.05) is 13.0 Å². The third-order valence-corrected chi connectivity index (χ3v) is 5.30. The Morgan fingerprint density at radius 1 is 1.38 bits per heavy atom. The van der Waals surface area contributed by atoms with E-state index in [0.717, 1.165) is 12.1 Å². The van der Waals surface area contributed by atoms with E-state index < -0.39 is 27.3 Å². The van der Waals surface area contributed by atoms with Gasteiger partial charge in [-0.1, -0.05) is 0 Å². The van der Waals surface area contributed by atoms with Crippen molar-refractivity contribution < 1.29 is 27.4 Å². The first-order valence-electron chi connectivity index (χ1n) is 6.30. The molecule has 21 heavy (non-hydrogen) atoms. The van der Waals surface area contributed by atoms with E-state index in [4.69, 9.17) is 4.74 Å². The van der Waals surface area contributed by atoms with Crippen LogP contribution in [0.15, 0.2) is 17.0 Å². The molecule has 0 aliphatic carbocycles. The molecule has 1 atom stereocenters. The molecule has 116 valence electrons. The summed E-state index contributed by atoms with van der Waals surface area (Å²) < 4.78 is 45.5. The fraction of sp³-hybridized carbons (Fsp3) is 0.462. The van der Waals surface area contributed by atoms with Crippen molar-refractivity contribution >= 4 is 16.0 Å². The molecule has 2 N–H and O–H groups in total. The third-order valence-electron chi connectivity index (χ3n) is 3.45. The number of benzene rings is 1. The van der Waals surface area contributed by atoms with Crippen molar-refractivity contribution in [2.75, 3.05) is 13.2 Å². The maximum Gasteiger partial charge on any atom is 0.327 e. The molecule has 0 bridgehead atoms. The minimum absolute atomic E-state index is 0.0425. The Morgan fingerprint density at radius 2 is 1.95 bits per heavy atom. The first-order chi connectivity index (χ1) is 9.68. The highest BCUT2D eigenvalue weighted by molar-refractivity contribution is 7.89. The molecule has 1 saturated heterocycles. The summed E-state index contributed by atoms with van der Waals surface area (Å²) in [6.45, 7) is 2.85. The van der Waals surface area contributed by atoms with Crippen molar-refractivity contribution in [3.63, 3.8) is 0 Å². The number of sulfonamides is 1. The largest absolute Gasteiger partial charge is 0.480 e. The Labute approximate surface area is 122 Å². The van der Waals surface area contributed by atoms with Crippen LogP contribution in [0.4, 0.5) is 4.39 Å². The van der Waals surface area contributed by atoms with Crippen LogP contribution in [0.5, 0.6) is 0 Å². The number of carboxylic acid groups (broad SMARTS) is 1. The number of hydrogen-bond acceptors (Lipinski definition) is 4. The number of rotatable bonds is 4. The van der Waals surface area contributed by atoms with Gasteiger partial charge in [0.25, 0.3) is 0 Å². The van der Waals surface area contributed by atoms with E-state index in [1.807, 2.05) is 0 Å². The van der Waals surface area contributed by atoms with Crippen LogP contribution in [-0.4, -0.2) is 38.2 Å². The van der Waals surface area contributed by atoms with E-state index in [1.54, 1.807) is 0 Å². The average molecular weight is 317 g/mol. The second-order valence-corrected chi connectivity index (χ2v) is 6.78. The third kappa shape index (κ3) is 2.92. The zero-order valence-electron chi connectivity index (χ0n) is 11.6. The van der Waals surface area contributed by atoms with Gasteiger partial charge in [0.05, 0.1) is 11.5 Å². The SMILES string of the molecule is Cc1cc(F)cc(C)c1S(=O)(=O)NC1(C(=O)O)CCOC1. The number of hydrogen-bond donors (Lipinski definition) is 2. The van der Waals surface area contributed by atoms with Gasteiger partial charge in [0.15, 0.2) is 5.54 Å². The van der Waals surface area contributed by atoms with Crippen molar-refractivity contribution in [3.05, 3.63) is 29.1 Å². The minimum atomic E-state index is -4.10. The summed E-state index contributed by atoms with van der Waals surface area (Å²) >= 11 is 0. The average Bonchev–Trinajstić information content (AvgIpc) is 2.75. The van der Waals surface area contributed by atoms with E-state index in [9.17, 15) is 22.7 Å². The summed E-state index contributed by atoms with van der Waals surface area (Å²) in [5.74, 6) is -1.83. The molecular formula is C13H16FNO5S. The highest BCUT2D eigenvalue weighted by Gasteiger charge is 2.46. The van der Waals surface area contributed by atoms with Gasteiger partial charge in [-0.2, -0.15) is 4.72 Å². The van der Waals surface area contributed by atoms with E-state index in [2.05, 4.69) is 4.72 Å². The van der Waals surface area contributed by atoms with Crippen LogP contribution in [0.25, 0.3) is 0 Å². The van der Waals surface area contributed by atoms with Gasteiger partial charge in [-0.15, -0.1) is 0 Å².